The molecule has 2 atom stereocenters. The Labute approximate surface area is 83.1 Å². The van der Waals surface area contributed by atoms with E-state index in [2.05, 4.69) is 4.98 Å². The molecule has 2 unspecified atom stereocenters. The van der Waals surface area contributed by atoms with E-state index in [1.165, 1.54) is 25.5 Å². The Bertz CT molecular complexity index is 268. The molecule has 1 aliphatic carbocycles. The zero-order chi connectivity index (χ0) is 9.97. The summed E-state index contributed by atoms with van der Waals surface area (Å²) in [5.41, 5.74) is 6.53. The van der Waals surface area contributed by atoms with Crippen molar-refractivity contribution in [3.05, 3.63) is 18.4 Å². The summed E-state index contributed by atoms with van der Waals surface area (Å²) in [6, 6.07) is -0.206. The Kier molecular flexibility index (Phi) is 2.84. The number of rotatable bonds is 3. The Morgan fingerprint density at radius 3 is 2.79 bits per heavy atom. The molecule has 1 aliphatic rings. The lowest BCUT2D eigenvalue weighted by atomic mass is 9.93. The highest BCUT2D eigenvalue weighted by atomic mass is 16.3. The monoisotopic (exact) mass is 196 g/mol. The van der Waals surface area contributed by atoms with Gasteiger partial charge in [-0.3, -0.25) is 0 Å². The molecule has 1 saturated carbocycles. The van der Waals surface area contributed by atoms with Crippen LogP contribution in [0.1, 0.15) is 37.5 Å². The predicted octanol–water partition coefficient (Wildman–Crippen LogP) is 1.23. The van der Waals surface area contributed by atoms with Crippen molar-refractivity contribution in [3.8, 4) is 0 Å². The molecule has 4 heteroatoms. The van der Waals surface area contributed by atoms with Gasteiger partial charge in [-0.15, -0.1) is 0 Å². The van der Waals surface area contributed by atoms with Crippen LogP contribution in [-0.4, -0.2) is 16.1 Å². The minimum atomic E-state index is -0.683. The van der Waals surface area contributed by atoms with Crippen molar-refractivity contribution in [1.82, 2.24) is 4.98 Å². The lowest BCUT2D eigenvalue weighted by Crippen LogP contribution is -2.35. The van der Waals surface area contributed by atoms with Crippen LogP contribution in [0.15, 0.2) is 17.1 Å². The number of aliphatic hydroxyl groups is 1. The van der Waals surface area contributed by atoms with Crippen LogP contribution in [0.4, 0.5) is 0 Å². The Morgan fingerprint density at radius 1 is 1.50 bits per heavy atom. The molecule has 0 aromatic carbocycles. The normalized spacial score (nSPS) is 22.4. The quantitative estimate of drug-likeness (QED) is 0.762. The lowest BCUT2D eigenvalue weighted by Gasteiger charge is -2.22. The van der Waals surface area contributed by atoms with Gasteiger partial charge in [-0.25, -0.2) is 4.98 Å². The van der Waals surface area contributed by atoms with E-state index in [1.54, 1.807) is 0 Å². The number of hydrogen-bond acceptors (Lipinski definition) is 4. The summed E-state index contributed by atoms with van der Waals surface area (Å²) in [5, 5.41) is 9.89. The topological polar surface area (TPSA) is 72.3 Å². The second kappa shape index (κ2) is 4.11. The highest BCUT2D eigenvalue weighted by molar-refractivity contribution is 5.01. The van der Waals surface area contributed by atoms with E-state index in [1.807, 2.05) is 0 Å². The first-order valence-electron chi connectivity index (χ1n) is 5.11. The minimum Gasteiger partial charge on any atom is -0.451 e. The number of aliphatic hydroxyl groups excluding tert-OH is 1. The summed E-state index contributed by atoms with van der Waals surface area (Å²) in [4.78, 5) is 3.91. The van der Waals surface area contributed by atoms with Crippen LogP contribution in [0.3, 0.4) is 0 Å². The molecule has 0 spiro atoms. The summed E-state index contributed by atoms with van der Waals surface area (Å²) in [7, 11) is 0. The minimum absolute atomic E-state index is 0.206. The second-order valence-corrected chi connectivity index (χ2v) is 3.98. The molecule has 2 rings (SSSR count). The van der Waals surface area contributed by atoms with E-state index < -0.39 is 6.10 Å². The first-order valence-corrected chi connectivity index (χ1v) is 5.11. The Balaban J connectivity index is 2.00. The zero-order valence-electron chi connectivity index (χ0n) is 8.10. The maximum absolute atomic E-state index is 9.89. The van der Waals surface area contributed by atoms with Gasteiger partial charge in [0.2, 0.25) is 0 Å². The van der Waals surface area contributed by atoms with Crippen LogP contribution in [0, 0.1) is 5.92 Å². The molecular weight excluding hydrogens is 180 g/mol. The third-order valence-electron chi connectivity index (χ3n) is 3.06. The van der Waals surface area contributed by atoms with E-state index in [-0.39, 0.29) is 6.04 Å². The highest BCUT2D eigenvalue weighted by Gasteiger charge is 2.29. The second-order valence-electron chi connectivity index (χ2n) is 3.98. The first kappa shape index (κ1) is 9.68. The number of aromatic nitrogens is 1. The molecule has 1 aromatic rings. The van der Waals surface area contributed by atoms with Gasteiger partial charge in [0.25, 0.3) is 0 Å². The molecule has 0 aliphatic heterocycles. The molecule has 1 aromatic heterocycles. The van der Waals surface area contributed by atoms with E-state index in [9.17, 15) is 5.11 Å². The van der Waals surface area contributed by atoms with Crippen LogP contribution < -0.4 is 5.73 Å². The van der Waals surface area contributed by atoms with Crippen molar-refractivity contribution in [2.45, 2.75) is 37.8 Å². The van der Waals surface area contributed by atoms with Crippen molar-refractivity contribution >= 4 is 0 Å². The third kappa shape index (κ3) is 1.81. The fourth-order valence-corrected chi connectivity index (χ4v) is 2.17. The molecule has 4 nitrogen and oxygen atoms in total. The lowest BCUT2D eigenvalue weighted by molar-refractivity contribution is 0.114. The van der Waals surface area contributed by atoms with Gasteiger partial charge in [0.15, 0.2) is 6.39 Å². The van der Waals surface area contributed by atoms with Crippen LogP contribution in [0.25, 0.3) is 0 Å². The van der Waals surface area contributed by atoms with Gasteiger partial charge in [-0.05, 0) is 18.8 Å². The zero-order valence-corrected chi connectivity index (χ0v) is 8.10. The fraction of sp³-hybridized carbons (Fsp3) is 0.700. The predicted molar refractivity (Wildman–Crippen MR) is 51.4 cm³/mol. The number of nitrogens with zero attached hydrogens (tertiary/aromatic N) is 1. The summed E-state index contributed by atoms with van der Waals surface area (Å²) in [5.74, 6) is 0.432. The molecule has 0 saturated heterocycles. The number of nitrogens with two attached hydrogens (primary N) is 1. The van der Waals surface area contributed by atoms with Crippen LogP contribution in [0.5, 0.6) is 0 Å². The molecule has 0 radical (unpaired) electrons. The Morgan fingerprint density at radius 2 is 2.21 bits per heavy atom. The highest BCUT2D eigenvalue weighted by Crippen LogP contribution is 2.31. The van der Waals surface area contributed by atoms with Crippen LogP contribution >= 0.6 is 0 Å². The van der Waals surface area contributed by atoms with Gasteiger partial charge in [-0.1, -0.05) is 12.8 Å². The average molecular weight is 196 g/mol. The van der Waals surface area contributed by atoms with Crippen LogP contribution in [-0.2, 0) is 0 Å². The third-order valence-corrected chi connectivity index (χ3v) is 3.06. The van der Waals surface area contributed by atoms with Gasteiger partial charge in [0.05, 0.1) is 0 Å². The average Bonchev–Trinajstić information content (AvgIpc) is 2.87. The Hall–Kier alpha value is -0.870. The van der Waals surface area contributed by atoms with Crippen molar-refractivity contribution in [1.29, 1.82) is 0 Å². The summed E-state index contributed by atoms with van der Waals surface area (Å²) < 4.78 is 4.82. The standard InChI is InChI=1S/C10H16N2O2/c11-9(7-3-1-2-4-7)10(13)8-5-14-6-12-8/h5-7,9-10,13H,1-4,11H2. The van der Waals surface area contributed by atoms with Gasteiger partial charge >= 0.3 is 0 Å². The van der Waals surface area contributed by atoms with Crippen molar-refractivity contribution in [2.75, 3.05) is 0 Å². The van der Waals surface area contributed by atoms with Gasteiger partial charge < -0.3 is 15.3 Å². The maximum atomic E-state index is 9.89. The molecule has 78 valence electrons. The van der Waals surface area contributed by atoms with Crippen molar-refractivity contribution in [3.63, 3.8) is 0 Å². The molecule has 1 fully saturated rings. The summed E-state index contributed by atoms with van der Waals surface area (Å²) >= 11 is 0. The van der Waals surface area contributed by atoms with E-state index >= 15 is 0 Å². The summed E-state index contributed by atoms with van der Waals surface area (Å²) in [6.07, 6.45) is 6.79. The van der Waals surface area contributed by atoms with E-state index in [0.29, 0.717) is 11.6 Å². The van der Waals surface area contributed by atoms with E-state index in [0.717, 1.165) is 12.8 Å². The molecule has 14 heavy (non-hydrogen) atoms. The van der Waals surface area contributed by atoms with E-state index in [4.69, 9.17) is 10.2 Å². The summed E-state index contributed by atoms with van der Waals surface area (Å²) in [6.45, 7) is 0. The smallest absolute Gasteiger partial charge is 0.180 e. The van der Waals surface area contributed by atoms with Crippen molar-refractivity contribution in [2.24, 2.45) is 11.7 Å². The number of hydrogen-bond donors (Lipinski definition) is 2. The SMILES string of the molecule is NC(C1CCCC1)C(O)c1cocn1. The van der Waals surface area contributed by atoms with Crippen molar-refractivity contribution < 1.29 is 9.52 Å². The molecule has 0 amide bonds. The molecule has 0 bridgehead atoms. The van der Waals surface area contributed by atoms with Crippen LogP contribution in [0.2, 0.25) is 0 Å². The molecule has 3 N–H and O–H groups in total. The number of oxazole rings is 1. The fourth-order valence-electron chi connectivity index (χ4n) is 2.17. The maximum Gasteiger partial charge on any atom is 0.180 e. The van der Waals surface area contributed by atoms with Gasteiger partial charge in [-0.2, -0.15) is 0 Å². The largest absolute Gasteiger partial charge is 0.451 e. The van der Waals surface area contributed by atoms with Gasteiger partial charge in [0, 0.05) is 6.04 Å². The first-order chi connectivity index (χ1) is 6.79. The molecular formula is C10H16N2O2. The van der Waals surface area contributed by atoms with Gasteiger partial charge in [0.1, 0.15) is 18.1 Å². The molecule has 1 heterocycles.